The van der Waals surface area contributed by atoms with Crippen LogP contribution in [0.25, 0.3) is 0 Å². The van der Waals surface area contributed by atoms with E-state index in [0.717, 1.165) is 24.0 Å². The van der Waals surface area contributed by atoms with Crippen LogP contribution in [0.2, 0.25) is 0 Å². The van der Waals surface area contributed by atoms with Gasteiger partial charge in [-0.1, -0.05) is 6.07 Å². The molecule has 116 valence electrons. The smallest absolute Gasteiger partial charge is 0.213 e. The summed E-state index contributed by atoms with van der Waals surface area (Å²) in [6.07, 6.45) is 4.47. The van der Waals surface area contributed by atoms with Crippen molar-refractivity contribution in [3.8, 4) is 5.88 Å². The van der Waals surface area contributed by atoms with Crippen molar-refractivity contribution < 1.29 is 9.47 Å². The van der Waals surface area contributed by atoms with E-state index in [0.29, 0.717) is 25.6 Å². The van der Waals surface area contributed by atoms with Crippen LogP contribution in [-0.2, 0) is 11.3 Å². The molecule has 6 heteroatoms. The van der Waals surface area contributed by atoms with E-state index in [1.807, 2.05) is 18.3 Å². The van der Waals surface area contributed by atoms with Crippen LogP contribution in [0.4, 0.5) is 0 Å². The molecular formula is C15H24N4O2. The molecule has 0 aromatic carbocycles. The van der Waals surface area contributed by atoms with E-state index in [1.54, 1.807) is 14.2 Å². The molecule has 1 aliphatic rings. The number of pyridine rings is 1. The first-order valence-electron chi connectivity index (χ1n) is 7.33. The Balaban J connectivity index is 1.71. The Morgan fingerprint density at radius 3 is 2.81 bits per heavy atom. The number of ether oxygens (including phenoxy) is 2. The Morgan fingerprint density at radius 1 is 1.33 bits per heavy atom. The van der Waals surface area contributed by atoms with Gasteiger partial charge in [0, 0.05) is 39.5 Å². The zero-order valence-electron chi connectivity index (χ0n) is 12.8. The highest BCUT2D eigenvalue weighted by Crippen LogP contribution is 2.27. The maximum absolute atomic E-state index is 5.43. The van der Waals surface area contributed by atoms with E-state index in [1.165, 1.54) is 12.8 Å². The SMILES string of the molecule is CN=C(NCc1ccc(OCCOC)nc1)NCC1CC1. The van der Waals surface area contributed by atoms with E-state index in [2.05, 4.69) is 20.6 Å². The fourth-order valence-corrected chi connectivity index (χ4v) is 1.80. The summed E-state index contributed by atoms with van der Waals surface area (Å²) in [6.45, 7) is 2.77. The quantitative estimate of drug-likeness (QED) is 0.428. The van der Waals surface area contributed by atoms with E-state index in [-0.39, 0.29) is 0 Å². The van der Waals surface area contributed by atoms with Crippen LogP contribution >= 0.6 is 0 Å². The minimum atomic E-state index is 0.513. The third-order valence-electron chi connectivity index (χ3n) is 3.27. The van der Waals surface area contributed by atoms with E-state index >= 15 is 0 Å². The highest BCUT2D eigenvalue weighted by Gasteiger charge is 2.20. The van der Waals surface area contributed by atoms with Gasteiger partial charge in [-0.2, -0.15) is 0 Å². The molecule has 21 heavy (non-hydrogen) atoms. The third kappa shape index (κ3) is 5.99. The molecule has 2 rings (SSSR count). The number of hydrogen-bond donors (Lipinski definition) is 2. The second-order valence-corrected chi connectivity index (χ2v) is 5.10. The zero-order valence-corrected chi connectivity index (χ0v) is 12.8. The van der Waals surface area contributed by atoms with Crippen LogP contribution in [0.5, 0.6) is 5.88 Å². The average molecular weight is 292 g/mol. The molecule has 0 spiro atoms. The monoisotopic (exact) mass is 292 g/mol. The van der Waals surface area contributed by atoms with Crippen LogP contribution < -0.4 is 15.4 Å². The molecule has 6 nitrogen and oxygen atoms in total. The zero-order chi connectivity index (χ0) is 14.9. The first-order chi connectivity index (χ1) is 10.3. The van der Waals surface area contributed by atoms with Gasteiger partial charge in [-0.15, -0.1) is 0 Å². The first kappa shape index (κ1) is 15.6. The number of nitrogens with one attached hydrogen (secondary N) is 2. The lowest BCUT2D eigenvalue weighted by atomic mass is 10.3. The van der Waals surface area contributed by atoms with Gasteiger partial charge in [0.05, 0.1) is 6.61 Å². The summed E-state index contributed by atoms with van der Waals surface area (Å²) in [5.41, 5.74) is 1.09. The van der Waals surface area contributed by atoms with Crippen LogP contribution in [0.15, 0.2) is 23.3 Å². The average Bonchev–Trinajstić information content (AvgIpc) is 3.33. The number of nitrogens with zero attached hydrogens (tertiary/aromatic N) is 2. The Bertz CT molecular complexity index is 443. The minimum Gasteiger partial charge on any atom is -0.475 e. The fraction of sp³-hybridized carbons (Fsp3) is 0.600. The van der Waals surface area contributed by atoms with Gasteiger partial charge in [0.1, 0.15) is 6.61 Å². The molecule has 0 saturated heterocycles. The van der Waals surface area contributed by atoms with Crippen molar-refractivity contribution in [1.29, 1.82) is 0 Å². The normalized spacial score (nSPS) is 14.9. The molecule has 1 saturated carbocycles. The number of aliphatic imine (C=N–C) groups is 1. The van der Waals surface area contributed by atoms with E-state index in [4.69, 9.17) is 9.47 Å². The maximum Gasteiger partial charge on any atom is 0.213 e. The summed E-state index contributed by atoms with van der Waals surface area (Å²) in [5, 5.41) is 6.61. The van der Waals surface area contributed by atoms with Crippen molar-refractivity contribution in [2.75, 3.05) is 33.9 Å². The van der Waals surface area contributed by atoms with Gasteiger partial charge < -0.3 is 20.1 Å². The number of methoxy groups -OCH3 is 1. The Hall–Kier alpha value is -1.82. The lowest BCUT2D eigenvalue weighted by molar-refractivity contribution is 0.143. The summed E-state index contributed by atoms with van der Waals surface area (Å²) in [7, 11) is 3.43. The Morgan fingerprint density at radius 2 is 2.19 bits per heavy atom. The first-order valence-corrected chi connectivity index (χ1v) is 7.33. The molecule has 1 heterocycles. The number of aromatic nitrogens is 1. The van der Waals surface area contributed by atoms with Gasteiger partial charge in [-0.25, -0.2) is 4.98 Å². The third-order valence-corrected chi connectivity index (χ3v) is 3.27. The largest absolute Gasteiger partial charge is 0.475 e. The van der Waals surface area contributed by atoms with Crippen LogP contribution in [-0.4, -0.2) is 44.9 Å². The van der Waals surface area contributed by atoms with E-state index < -0.39 is 0 Å². The lowest BCUT2D eigenvalue weighted by Crippen LogP contribution is -2.37. The molecule has 0 radical (unpaired) electrons. The molecule has 1 fully saturated rings. The van der Waals surface area contributed by atoms with Gasteiger partial charge in [-0.05, 0) is 24.3 Å². The number of rotatable bonds is 8. The molecule has 1 aromatic heterocycles. The van der Waals surface area contributed by atoms with Crippen molar-refractivity contribution in [3.63, 3.8) is 0 Å². The molecular weight excluding hydrogens is 268 g/mol. The second-order valence-electron chi connectivity index (χ2n) is 5.10. The molecule has 2 N–H and O–H groups in total. The lowest BCUT2D eigenvalue weighted by Gasteiger charge is -2.11. The van der Waals surface area contributed by atoms with Crippen molar-refractivity contribution in [3.05, 3.63) is 23.9 Å². The second kappa shape index (κ2) is 8.46. The van der Waals surface area contributed by atoms with Crippen LogP contribution in [0, 0.1) is 5.92 Å². The molecule has 0 atom stereocenters. The number of guanidine groups is 1. The summed E-state index contributed by atoms with van der Waals surface area (Å²) in [5.74, 6) is 2.28. The molecule has 0 bridgehead atoms. The van der Waals surface area contributed by atoms with E-state index in [9.17, 15) is 0 Å². The predicted molar refractivity (Wildman–Crippen MR) is 82.5 cm³/mol. The van der Waals surface area contributed by atoms with Crippen molar-refractivity contribution in [1.82, 2.24) is 15.6 Å². The van der Waals surface area contributed by atoms with Crippen LogP contribution in [0.1, 0.15) is 18.4 Å². The molecule has 0 amide bonds. The Labute approximate surface area is 126 Å². The van der Waals surface area contributed by atoms with Gasteiger partial charge in [-0.3, -0.25) is 4.99 Å². The van der Waals surface area contributed by atoms with Crippen molar-refractivity contribution in [2.45, 2.75) is 19.4 Å². The Kier molecular flexibility index (Phi) is 6.27. The van der Waals surface area contributed by atoms with Gasteiger partial charge in [0.2, 0.25) is 5.88 Å². The summed E-state index contributed by atoms with van der Waals surface area (Å²) in [6, 6.07) is 3.86. The topological polar surface area (TPSA) is 67.8 Å². The van der Waals surface area contributed by atoms with Crippen molar-refractivity contribution >= 4 is 5.96 Å². The molecule has 1 aromatic rings. The summed E-state index contributed by atoms with van der Waals surface area (Å²) < 4.78 is 10.4. The minimum absolute atomic E-state index is 0.513. The molecule has 0 unspecified atom stereocenters. The number of hydrogen-bond acceptors (Lipinski definition) is 4. The van der Waals surface area contributed by atoms with Gasteiger partial charge in [0.15, 0.2) is 5.96 Å². The summed E-state index contributed by atoms with van der Waals surface area (Å²) >= 11 is 0. The summed E-state index contributed by atoms with van der Waals surface area (Å²) in [4.78, 5) is 8.47. The fourth-order valence-electron chi connectivity index (χ4n) is 1.80. The molecule has 1 aliphatic carbocycles. The van der Waals surface area contributed by atoms with Gasteiger partial charge >= 0.3 is 0 Å². The predicted octanol–water partition coefficient (Wildman–Crippen LogP) is 1.18. The highest BCUT2D eigenvalue weighted by molar-refractivity contribution is 5.79. The highest BCUT2D eigenvalue weighted by atomic mass is 16.5. The van der Waals surface area contributed by atoms with Crippen LogP contribution in [0.3, 0.4) is 0 Å². The van der Waals surface area contributed by atoms with Crippen molar-refractivity contribution in [2.24, 2.45) is 10.9 Å². The standard InChI is InChI=1S/C15H24N4O2/c1-16-15(18-9-12-3-4-12)19-11-13-5-6-14(17-10-13)21-8-7-20-2/h5-6,10,12H,3-4,7-9,11H2,1-2H3,(H2,16,18,19). The molecule has 0 aliphatic heterocycles. The maximum atomic E-state index is 5.43. The van der Waals surface area contributed by atoms with Gasteiger partial charge in [0.25, 0.3) is 0 Å².